The highest BCUT2D eigenvalue weighted by Gasteiger charge is 2.22. The molecule has 3 aromatic carbocycles. The van der Waals surface area contributed by atoms with Crippen molar-refractivity contribution in [3.63, 3.8) is 0 Å². The van der Waals surface area contributed by atoms with Crippen LogP contribution in [-0.4, -0.2) is 77.5 Å². The molecule has 2 atom stereocenters. The van der Waals surface area contributed by atoms with Gasteiger partial charge in [-0.2, -0.15) is 5.26 Å². The molecule has 4 aromatic rings. The van der Waals surface area contributed by atoms with Crippen molar-refractivity contribution in [1.29, 1.82) is 5.26 Å². The van der Waals surface area contributed by atoms with Gasteiger partial charge in [-0.1, -0.05) is 41.9 Å². The van der Waals surface area contributed by atoms with Gasteiger partial charge >= 0.3 is 0 Å². The highest BCUT2D eigenvalue weighted by molar-refractivity contribution is 6.32. The maximum atomic E-state index is 9.80. The van der Waals surface area contributed by atoms with E-state index < -0.39 is 0 Å². The molecule has 10 heteroatoms. The molecule has 0 saturated carbocycles. The lowest BCUT2D eigenvalue weighted by Crippen LogP contribution is -2.37. The van der Waals surface area contributed by atoms with Crippen molar-refractivity contribution in [2.45, 2.75) is 65.7 Å². The van der Waals surface area contributed by atoms with Gasteiger partial charge in [0.05, 0.1) is 17.2 Å². The van der Waals surface area contributed by atoms with Gasteiger partial charge in [0.25, 0.3) is 0 Å². The van der Waals surface area contributed by atoms with Crippen molar-refractivity contribution in [2.24, 2.45) is 11.8 Å². The van der Waals surface area contributed by atoms with E-state index in [-0.39, 0.29) is 25.7 Å². The predicted molar refractivity (Wildman–Crippen MR) is 212 cm³/mol. The Bertz CT molecular complexity index is 1900. The number of nitriles is 1. The number of aliphatic hydroxyl groups is 2. The Balaban J connectivity index is 1.15. The third kappa shape index (κ3) is 10.3. The largest absolute Gasteiger partial charge is 0.493 e. The molecule has 2 saturated heterocycles. The minimum atomic E-state index is 0.182. The summed E-state index contributed by atoms with van der Waals surface area (Å²) in [6, 6.07) is 20.2. The molecule has 9 nitrogen and oxygen atoms in total. The standard InChI is InChI=1S/C44H53ClN4O5/c1-31-37(10-3-11-39(31)40-12-4-13-42(32(40)2)52-17-7-16-48-14-5-8-33(24-48)27-50)30-54-44-20-43(53-29-36-18-35(21-46)22-47-23-36)38(19-41(44)45)26-49-15-6-9-34(25-49)28-51/h3-4,10-13,18-20,22-23,33-34,50-51H,5-9,14-17,24-30H2,1-2H3. The summed E-state index contributed by atoms with van der Waals surface area (Å²) >= 11 is 6.90. The van der Waals surface area contributed by atoms with Crippen molar-refractivity contribution < 1.29 is 24.4 Å². The van der Waals surface area contributed by atoms with E-state index in [4.69, 9.17) is 25.8 Å². The number of piperidine rings is 2. The van der Waals surface area contributed by atoms with Crippen molar-refractivity contribution in [3.8, 4) is 34.4 Å². The number of aliphatic hydroxyl groups excluding tert-OH is 2. The lowest BCUT2D eigenvalue weighted by atomic mass is 9.93. The van der Waals surface area contributed by atoms with Crippen LogP contribution < -0.4 is 14.2 Å². The minimum absolute atomic E-state index is 0.182. The van der Waals surface area contributed by atoms with Crippen LogP contribution in [0.5, 0.6) is 17.2 Å². The second-order valence-corrected chi connectivity index (χ2v) is 15.2. The fourth-order valence-corrected chi connectivity index (χ4v) is 7.98. The summed E-state index contributed by atoms with van der Waals surface area (Å²) in [6.07, 6.45) is 8.50. The molecular formula is C44H53ClN4O5. The highest BCUT2D eigenvalue weighted by atomic mass is 35.5. The molecule has 0 aliphatic carbocycles. The second kappa shape index (κ2) is 19.4. The highest BCUT2D eigenvalue weighted by Crippen LogP contribution is 2.37. The number of nitrogens with zero attached hydrogens (tertiary/aromatic N) is 4. The van der Waals surface area contributed by atoms with Crippen LogP contribution in [0.1, 0.15) is 65.5 Å². The second-order valence-electron chi connectivity index (χ2n) is 14.8. The van der Waals surface area contributed by atoms with E-state index in [1.807, 2.05) is 18.2 Å². The van der Waals surface area contributed by atoms with Gasteiger partial charge in [-0.25, -0.2) is 0 Å². The van der Waals surface area contributed by atoms with Crippen molar-refractivity contribution in [1.82, 2.24) is 14.8 Å². The Hall–Kier alpha value is -4.17. The number of ether oxygens (including phenoxy) is 3. The maximum absolute atomic E-state index is 9.80. The van der Waals surface area contributed by atoms with Gasteiger partial charge in [0.1, 0.15) is 36.5 Å². The number of likely N-dealkylation sites (tertiary alicyclic amines) is 2. The summed E-state index contributed by atoms with van der Waals surface area (Å²) in [7, 11) is 0. The van der Waals surface area contributed by atoms with E-state index in [1.165, 1.54) is 6.20 Å². The molecule has 6 rings (SSSR count). The van der Waals surface area contributed by atoms with Gasteiger partial charge in [0, 0.05) is 69.0 Å². The molecule has 0 amide bonds. The van der Waals surface area contributed by atoms with Crippen LogP contribution in [-0.2, 0) is 19.8 Å². The Morgan fingerprint density at radius 1 is 0.796 bits per heavy atom. The molecular weight excluding hydrogens is 700 g/mol. The van der Waals surface area contributed by atoms with E-state index >= 15 is 0 Å². The van der Waals surface area contributed by atoms with Crippen LogP contribution in [0, 0.1) is 37.0 Å². The summed E-state index contributed by atoms with van der Waals surface area (Å²) in [4.78, 5) is 8.97. The molecule has 286 valence electrons. The Morgan fingerprint density at radius 3 is 2.26 bits per heavy atom. The first kappa shape index (κ1) is 39.5. The zero-order valence-corrected chi connectivity index (χ0v) is 32.4. The van der Waals surface area contributed by atoms with E-state index in [9.17, 15) is 15.5 Å². The van der Waals surface area contributed by atoms with E-state index in [2.05, 4.69) is 65.0 Å². The summed E-state index contributed by atoms with van der Waals surface area (Å²) in [5.41, 5.74) is 7.74. The lowest BCUT2D eigenvalue weighted by Gasteiger charge is -2.32. The van der Waals surface area contributed by atoms with Crippen LogP contribution in [0.2, 0.25) is 5.02 Å². The number of aromatic nitrogens is 1. The lowest BCUT2D eigenvalue weighted by molar-refractivity contribution is 0.115. The fourth-order valence-electron chi connectivity index (χ4n) is 7.74. The number of halogens is 1. The molecule has 0 radical (unpaired) electrons. The first-order chi connectivity index (χ1) is 26.3. The average molecular weight is 753 g/mol. The number of rotatable bonds is 16. The van der Waals surface area contributed by atoms with Crippen LogP contribution in [0.3, 0.4) is 0 Å². The van der Waals surface area contributed by atoms with Gasteiger partial charge in [-0.05, 0) is 117 Å². The molecule has 3 heterocycles. The third-order valence-corrected chi connectivity index (χ3v) is 11.1. The van der Waals surface area contributed by atoms with Gasteiger partial charge in [0.15, 0.2) is 0 Å². The zero-order chi connectivity index (χ0) is 37.9. The van der Waals surface area contributed by atoms with Gasteiger partial charge in [-0.15, -0.1) is 0 Å². The first-order valence-electron chi connectivity index (χ1n) is 19.2. The van der Waals surface area contributed by atoms with E-state index in [1.54, 1.807) is 12.3 Å². The van der Waals surface area contributed by atoms with Crippen LogP contribution in [0.25, 0.3) is 11.1 Å². The average Bonchev–Trinajstić information content (AvgIpc) is 3.20. The molecule has 2 aliphatic rings. The normalized spacial score (nSPS) is 17.9. The Kier molecular flexibility index (Phi) is 14.2. The number of hydrogen-bond donors (Lipinski definition) is 2. The van der Waals surface area contributed by atoms with Crippen molar-refractivity contribution in [2.75, 3.05) is 52.5 Å². The molecule has 54 heavy (non-hydrogen) atoms. The maximum Gasteiger partial charge on any atom is 0.142 e. The fraction of sp³-hybridized carbons (Fsp3) is 0.455. The van der Waals surface area contributed by atoms with Gasteiger partial charge in [0.2, 0.25) is 0 Å². The van der Waals surface area contributed by atoms with Gasteiger partial charge in [-0.3, -0.25) is 9.88 Å². The summed E-state index contributed by atoms with van der Waals surface area (Å²) in [6.45, 7) is 11.3. The number of hydrogen-bond acceptors (Lipinski definition) is 9. The monoisotopic (exact) mass is 752 g/mol. The Morgan fingerprint density at radius 2 is 1.50 bits per heavy atom. The quantitative estimate of drug-likeness (QED) is 0.111. The third-order valence-electron chi connectivity index (χ3n) is 10.8. The van der Waals surface area contributed by atoms with Gasteiger partial charge < -0.3 is 29.3 Å². The summed E-state index contributed by atoms with van der Waals surface area (Å²) in [5.74, 6) is 2.73. The topological polar surface area (TPSA) is 111 Å². The molecule has 2 aliphatic heterocycles. The minimum Gasteiger partial charge on any atom is -0.493 e. The number of pyridine rings is 1. The summed E-state index contributed by atoms with van der Waals surface area (Å²) in [5, 5.41) is 29.2. The number of benzene rings is 3. The smallest absolute Gasteiger partial charge is 0.142 e. The molecule has 1 aromatic heterocycles. The van der Waals surface area contributed by atoms with Crippen LogP contribution in [0.4, 0.5) is 0 Å². The summed E-state index contributed by atoms with van der Waals surface area (Å²) < 4.78 is 19.1. The first-order valence-corrected chi connectivity index (χ1v) is 19.6. The van der Waals surface area contributed by atoms with E-state index in [0.717, 1.165) is 110 Å². The molecule has 2 unspecified atom stereocenters. The van der Waals surface area contributed by atoms with E-state index in [0.29, 0.717) is 47.8 Å². The molecule has 2 fully saturated rings. The Labute approximate surface area is 325 Å². The molecule has 0 spiro atoms. The predicted octanol–water partition coefficient (Wildman–Crippen LogP) is 7.73. The SMILES string of the molecule is Cc1c(COc2cc(OCc3cncc(C#N)c3)c(CN3CCCC(CO)C3)cc2Cl)cccc1-c1cccc(OCCCN2CCCC(CO)C2)c1C. The molecule has 2 N–H and O–H groups in total. The van der Waals surface area contributed by atoms with Crippen LogP contribution >= 0.6 is 11.6 Å². The van der Waals surface area contributed by atoms with Crippen LogP contribution in [0.15, 0.2) is 67.0 Å². The van der Waals surface area contributed by atoms with Crippen molar-refractivity contribution >= 4 is 11.6 Å². The molecule has 0 bridgehead atoms. The zero-order valence-electron chi connectivity index (χ0n) is 31.6. The van der Waals surface area contributed by atoms with Crippen molar-refractivity contribution in [3.05, 3.63) is 105 Å².